The van der Waals surface area contributed by atoms with Gasteiger partial charge < -0.3 is 15.0 Å². The van der Waals surface area contributed by atoms with Crippen LogP contribution in [0.5, 0.6) is 0 Å². The van der Waals surface area contributed by atoms with Crippen molar-refractivity contribution in [3.63, 3.8) is 0 Å². The third kappa shape index (κ3) is 4.60. The summed E-state index contributed by atoms with van der Waals surface area (Å²) in [6.07, 6.45) is 4.48. The lowest BCUT2D eigenvalue weighted by atomic mass is 10.0. The molecular weight excluding hydrogens is 355 g/mol. The Bertz CT molecular complexity index is 689. The highest BCUT2D eigenvalue weighted by molar-refractivity contribution is 6.36. The number of nitrogens with zero attached hydrogens (tertiary/aromatic N) is 3. The van der Waals surface area contributed by atoms with Crippen LogP contribution in [0, 0.1) is 5.39 Å². The fraction of sp³-hybridized carbons (Fsp3) is 0.333. The number of carbonyl (C=O) groups is 2. The van der Waals surface area contributed by atoms with Crippen molar-refractivity contribution in [3.8, 4) is 0 Å². The van der Waals surface area contributed by atoms with E-state index in [0.29, 0.717) is 13.0 Å². The number of unbranched alkanes of at least 4 members (excludes halogenated alkanes) is 1. The number of hydrogen-bond acceptors (Lipinski definition) is 5. The van der Waals surface area contributed by atoms with Crippen LogP contribution in [0.4, 0.5) is 0 Å². The van der Waals surface area contributed by atoms with E-state index >= 15 is 0 Å². The number of dihydropyridines is 1. The van der Waals surface area contributed by atoms with Gasteiger partial charge >= 0.3 is 11.7 Å². The molecule has 0 fully saturated rings. The van der Waals surface area contributed by atoms with Crippen molar-refractivity contribution in [2.45, 2.75) is 12.8 Å². The maximum Gasteiger partial charge on any atom is 0.476 e. The monoisotopic (exact) mass is 371 g/mol. The van der Waals surface area contributed by atoms with Crippen LogP contribution in [0.25, 0.3) is 4.98 Å². The predicted molar refractivity (Wildman–Crippen MR) is 91.1 cm³/mol. The van der Waals surface area contributed by atoms with Gasteiger partial charge in [-0.05, 0) is 18.9 Å². The number of likely N-dealkylation sites (N-methyl/N-ethyl adjacent to an activating group) is 1. The Hall–Kier alpha value is -2.30. The molecule has 0 aromatic heterocycles. The van der Waals surface area contributed by atoms with Crippen LogP contribution in [0.15, 0.2) is 45.9 Å². The van der Waals surface area contributed by atoms with E-state index in [1.54, 1.807) is 13.1 Å². The molecule has 0 aromatic rings. The zero-order chi connectivity index (χ0) is 18.3. The summed E-state index contributed by atoms with van der Waals surface area (Å²) < 4.78 is 4.55. The zero-order valence-corrected chi connectivity index (χ0v) is 14.8. The minimum absolute atomic E-state index is 0.0290. The first kappa shape index (κ1) is 19.7. The number of ether oxygens (including phenoxy) is 1. The zero-order valence-electron chi connectivity index (χ0n) is 13.3. The molecule has 1 aliphatic rings. The third-order valence-electron chi connectivity index (χ3n) is 3.19. The second-order valence-electron chi connectivity index (χ2n) is 4.82. The van der Waals surface area contributed by atoms with Gasteiger partial charge in [0.25, 0.3) is 5.91 Å². The van der Waals surface area contributed by atoms with Gasteiger partial charge in [-0.25, -0.2) is 4.79 Å². The van der Waals surface area contributed by atoms with Gasteiger partial charge in [-0.15, -0.1) is 6.58 Å². The van der Waals surface area contributed by atoms with Gasteiger partial charge in [0, 0.05) is 13.6 Å². The van der Waals surface area contributed by atoms with E-state index in [0.717, 1.165) is 13.5 Å². The minimum atomic E-state index is -0.931. The highest BCUT2D eigenvalue weighted by atomic mass is 35.5. The molecule has 0 saturated carbocycles. The fourth-order valence-electron chi connectivity index (χ4n) is 1.98. The van der Waals surface area contributed by atoms with Gasteiger partial charge in [-0.1, -0.05) is 29.3 Å². The number of carbonyl (C=O) groups excluding carboxylic acids is 2. The van der Waals surface area contributed by atoms with Gasteiger partial charge in [0.15, 0.2) is 4.98 Å². The molecule has 0 saturated heterocycles. The Labute approximate surface area is 149 Å². The quantitative estimate of drug-likeness (QED) is 0.194. The summed E-state index contributed by atoms with van der Waals surface area (Å²) in [4.78, 5) is 28.8. The number of halogens is 2. The van der Waals surface area contributed by atoms with E-state index in [-0.39, 0.29) is 21.5 Å². The molecule has 128 valence electrons. The maximum atomic E-state index is 12.7. The molecule has 0 unspecified atom stereocenters. The van der Waals surface area contributed by atoms with Crippen LogP contribution in [0.1, 0.15) is 12.8 Å². The number of allylic oxidation sites excluding steroid dienone is 2. The molecule has 9 heteroatoms. The summed E-state index contributed by atoms with van der Waals surface area (Å²) in [5.41, 5.74) is -0.544. The van der Waals surface area contributed by atoms with E-state index in [9.17, 15) is 9.59 Å². The topological polar surface area (TPSA) is 86.8 Å². The number of nitrogens with one attached hydrogen (secondary N) is 1. The van der Waals surface area contributed by atoms with Crippen molar-refractivity contribution in [2.24, 2.45) is 0 Å². The van der Waals surface area contributed by atoms with Crippen LogP contribution < -0.4 is 5.32 Å². The first-order valence-corrected chi connectivity index (χ1v) is 7.71. The molecule has 1 N–H and O–H groups in total. The normalized spacial score (nSPS) is 15.7. The summed E-state index contributed by atoms with van der Waals surface area (Å²) >= 11 is 12.0. The lowest BCUT2D eigenvalue weighted by molar-refractivity contribution is -0.135. The Morgan fingerprint density at radius 3 is 2.71 bits per heavy atom. The lowest BCUT2D eigenvalue weighted by Gasteiger charge is -2.22. The summed E-state index contributed by atoms with van der Waals surface area (Å²) in [7, 11) is 2.71. The van der Waals surface area contributed by atoms with E-state index in [2.05, 4.69) is 21.6 Å². The van der Waals surface area contributed by atoms with Crippen LogP contribution in [0.3, 0.4) is 0 Å². The molecule has 0 spiro atoms. The van der Waals surface area contributed by atoms with Crippen molar-refractivity contribution >= 4 is 35.1 Å². The summed E-state index contributed by atoms with van der Waals surface area (Å²) in [6.45, 7) is 4.07. The molecule has 1 heterocycles. The van der Waals surface area contributed by atoms with Gasteiger partial charge in [-0.2, -0.15) is 0 Å². The molecule has 24 heavy (non-hydrogen) atoms. The average Bonchev–Trinajstić information content (AvgIpc) is 2.54. The van der Waals surface area contributed by atoms with E-state index in [1.807, 2.05) is 0 Å². The van der Waals surface area contributed by atoms with Crippen LogP contribution >= 0.6 is 23.2 Å². The van der Waals surface area contributed by atoms with Crippen molar-refractivity contribution in [2.75, 3.05) is 20.7 Å². The van der Waals surface area contributed by atoms with E-state index in [4.69, 9.17) is 28.6 Å². The minimum Gasteiger partial charge on any atom is -0.460 e. The summed E-state index contributed by atoms with van der Waals surface area (Å²) in [5.74, 6) is -1.39. The molecule has 0 aliphatic carbocycles. The SMILES string of the molecule is C=CCCCN(C)C(=O)C1=C(Cl)NC(Cl)=CC1=C([N+]#N)C(=O)OC. The van der Waals surface area contributed by atoms with Crippen LogP contribution in [0.2, 0.25) is 0 Å². The lowest BCUT2D eigenvalue weighted by Crippen LogP contribution is -2.33. The molecule has 1 aliphatic heterocycles. The number of rotatable bonds is 6. The second-order valence-corrected chi connectivity index (χ2v) is 5.60. The number of hydrogen-bond donors (Lipinski definition) is 1. The first-order valence-electron chi connectivity index (χ1n) is 6.95. The molecule has 1 rings (SSSR count). The van der Waals surface area contributed by atoms with Crippen molar-refractivity contribution in [1.82, 2.24) is 10.2 Å². The van der Waals surface area contributed by atoms with E-state index < -0.39 is 17.6 Å². The summed E-state index contributed by atoms with van der Waals surface area (Å²) in [6, 6.07) is 0. The van der Waals surface area contributed by atoms with Gasteiger partial charge in [-0.3, -0.25) is 4.79 Å². The van der Waals surface area contributed by atoms with Crippen molar-refractivity contribution < 1.29 is 14.3 Å². The second kappa shape index (κ2) is 9.11. The average molecular weight is 372 g/mol. The van der Waals surface area contributed by atoms with E-state index in [1.165, 1.54) is 11.0 Å². The smallest absolute Gasteiger partial charge is 0.460 e. The molecule has 1 amide bonds. The molecule has 0 atom stereocenters. The molecule has 0 aromatic carbocycles. The van der Waals surface area contributed by atoms with Crippen molar-refractivity contribution in [1.29, 1.82) is 5.39 Å². The Morgan fingerprint density at radius 2 is 2.17 bits per heavy atom. The third-order valence-corrected chi connectivity index (χ3v) is 3.67. The molecule has 7 nitrogen and oxygen atoms in total. The molecule has 0 radical (unpaired) electrons. The van der Waals surface area contributed by atoms with Crippen LogP contribution in [-0.4, -0.2) is 37.5 Å². The number of methoxy groups -OCH3 is 1. The van der Waals surface area contributed by atoms with Gasteiger partial charge in [0.1, 0.15) is 10.3 Å². The number of esters is 1. The molecular formula is C15H17Cl2N4O3+. The molecule has 0 bridgehead atoms. The Balaban J connectivity index is 3.31. The predicted octanol–water partition coefficient (Wildman–Crippen LogP) is 2.82. The standard InChI is InChI=1S/C15H16Cl2N4O3/c1-4-5-6-7-21(2)14(22)11-9(8-10(16)19-13(11)17)12(20-18)15(23)24-3/h4,8H,1,5-7H2,2-3H3/p+1. The van der Waals surface area contributed by atoms with Crippen molar-refractivity contribution in [3.05, 3.63) is 50.9 Å². The van der Waals surface area contributed by atoms with Gasteiger partial charge in [0.05, 0.1) is 18.3 Å². The highest BCUT2D eigenvalue weighted by Crippen LogP contribution is 2.30. The largest absolute Gasteiger partial charge is 0.476 e. The van der Waals surface area contributed by atoms with Crippen LogP contribution in [-0.2, 0) is 14.3 Å². The fourth-order valence-corrected chi connectivity index (χ4v) is 2.52. The first-order chi connectivity index (χ1) is 11.4. The summed E-state index contributed by atoms with van der Waals surface area (Å²) in [5, 5.41) is 11.7. The van der Waals surface area contributed by atoms with Gasteiger partial charge in [0.2, 0.25) is 5.39 Å². The number of diazo groups is 1. The number of amides is 1. The Kier molecular flexibility index (Phi) is 7.49. The Morgan fingerprint density at radius 1 is 1.50 bits per heavy atom. The highest BCUT2D eigenvalue weighted by Gasteiger charge is 2.37. The maximum absolute atomic E-state index is 12.7.